The lowest BCUT2D eigenvalue weighted by Gasteiger charge is -2.38. The van der Waals surface area contributed by atoms with Crippen molar-refractivity contribution in [1.82, 2.24) is 9.80 Å². The van der Waals surface area contributed by atoms with Gasteiger partial charge in [-0.2, -0.15) is 0 Å². The first-order chi connectivity index (χ1) is 21.3. The van der Waals surface area contributed by atoms with Gasteiger partial charge in [-0.3, -0.25) is 9.69 Å². The molecule has 0 spiro atoms. The zero-order valence-corrected chi connectivity index (χ0v) is 28.9. The highest BCUT2D eigenvalue weighted by molar-refractivity contribution is 5.79. The van der Waals surface area contributed by atoms with E-state index in [2.05, 4.69) is 37.1 Å². The highest BCUT2D eigenvalue weighted by Crippen LogP contribution is 2.26. The van der Waals surface area contributed by atoms with E-state index >= 15 is 0 Å². The molecule has 0 aliphatic carbocycles. The molecule has 3 fully saturated rings. The van der Waals surface area contributed by atoms with Gasteiger partial charge in [0.05, 0.1) is 12.0 Å². The average molecular weight is 625 g/mol. The molecule has 0 saturated carbocycles. The number of halogens is 2. The molecule has 3 atom stereocenters. The Bertz CT molecular complexity index is 854. The molecule has 254 valence electrons. The van der Waals surface area contributed by atoms with Crippen molar-refractivity contribution in [2.45, 2.75) is 91.9 Å². The smallest absolute Gasteiger partial charge is 0.227 e. The number of hydrogen-bond acceptors (Lipinski definition) is 5. The summed E-state index contributed by atoms with van der Waals surface area (Å²) in [6.07, 6.45) is 12.8. The lowest BCUT2D eigenvalue weighted by atomic mass is 10.0. The fourth-order valence-electron chi connectivity index (χ4n) is 4.92. The van der Waals surface area contributed by atoms with Gasteiger partial charge in [-0.25, -0.2) is 8.78 Å². The molecule has 0 bridgehead atoms. The summed E-state index contributed by atoms with van der Waals surface area (Å²) in [6, 6.07) is 5.16. The van der Waals surface area contributed by atoms with E-state index in [9.17, 15) is 13.6 Å². The number of carbonyl (C=O) groups excluding carboxylic acids is 1. The SMILES string of the molecule is C/C=C\CC.C=CC=C.CC.CC.COC1CCN(C(=O)C2CCN(C3CCOCC3)C2)CC1OC.Fc1cccc(F)c1. The minimum atomic E-state index is -0.537. The van der Waals surface area contributed by atoms with E-state index in [1.54, 1.807) is 26.4 Å². The minimum absolute atomic E-state index is 0.00861. The number of piperidine rings is 1. The molecule has 3 heterocycles. The molecule has 3 aliphatic rings. The van der Waals surface area contributed by atoms with Gasteiger partial charge in [-0.15, -0.1) is 0 Å². The Kier molecular flexibility index (Phi) is 29.2. The lowest BCUT2D eigenvalue weighted by Crippen LogP contribution is -2.52. The third-order valence-electron chi connectivity index (χ3n) is 7.12. The summed E-state index contributed by atoms with van der Waals surface area (Å²) in [6.45, 7) is 24.0. The van der Waals surface area contributed by atoms with E-state index in [4.69, 9.17) is 14.2 Å². The fraction of sp³-hybridized carbons (Fsp3) is 0.639. The van der Waals surface area contributed by atoms with Crippen molar-refractivity contribution < 1.29 is 27.8 Å². The summed E-state index contributed by atoms with van der Waals surface area (Å²) >= 11 is 0. The molecular formula is C36H62F2N2O4. The zero-order valence-electron chi connectivity index (χ0n) is 28.9. The Balaban J connectivity index is 0. The number of benzene rings is 1. The van der Waals surface area contributed by atoms with E-state index in [-0.39, 0.29) is 18.1 Å². The molecule has 4 rings (SSSR count). The molecule has 1 aromatic rings. The summed E-state index contributed by atoms with van der Waals surface area (Å²) in [5, 5.41) is 0. The van der Waals surface area contributed by atoms with Crippen LogP contribution in [0.4, 0.5) is 8.78 Å². The van der Waals surface area contributed by atoms with Gasteiger partial charge in [0.2, 0.25) is 5.91 Å². The summed E-state index contributed by atoms with van der Waals surface area (Å²) in [5.41, 5.74) is 0. The normalized spacial score (nSPS) is 21.3. The van der Waals surface area contributed by atoms with Crippen LogP contribution in [0.1, 0.15) is 73.6 Å². The predicted octanol–water partition coefficient (Wildman–Crippen LogP) is 8.10. The topological polar surface area (TPSA) is 51.2 Å². The molecule has 3 saturated heterocycles. The van der Waals surface area contributed by atoms with Crippen molar-refractivity contribution in [2.75, 3.05) is 53.6 Å². The first kappa shape index (κ1) is 43.7. The van der Waals surface area contributed by atoms with E-state index < -0.39 is 11.6 Å². The standard InChI is InChI=1S/C17H30N2O4.C6H4F2.C5H10.C4H6.2C2H6/c1-21-15-4-8-19(12-16(15)22-2)17(20)13-3-7-18(11-13)14-5-9-23-10-6-14;7-5-2-1-3-6(8)4-5;1-3-5-4-2;1-3-4-2;2*1-2/h13-16H,3-12H2,1-2H3;1-4H;3,5H,4H2,1-2H3;3-4H,1-2H2;2*1-2H3/b;;5-3-;;;. The van der Waals surface area contributed by atoms with E-state index in [0.717, 1.165) is 71.0 Å². The van der Waals surface area contributed by atoms with Gasteiger partial charge in [-0.1, -0.05) is 78.1 Å². The Morgan fingerprint density at radius 1 is 0.932 bits per heavy atom. The summed E-state index contributed by atoms with van der Waals surface area (Å²) < 4.78 is 40.3. The summed E-state index contributed by atoms with van der Waals surface area (Å²) in [7, 11) is 3.42. The maximum atomic E-state index is 12.9. The van der Waals surface area contributed by atoms with Crippen LogP contribution in [0.3, 0.4) is 0 Å². The number of hydrogen-bond donors (Lipinski definition) is 0. The first-order valence-corrected chi connectivity index (χ1v) is 16.3. The van der Waals surface area contributed by atoms with Crippen molar-refractivity contribution in [3.8, 4) is 0 Å². The molecule has 6 nitrogen and oxygen atoms in total. The molecule has 0 radical (unpaired) electrons. The van der Waals surface area contributed by atoms with Gasteiger partial charge < -0.3 is 19.1 Å². The molecule has 3 aliphatic heterocycles. The molecule has 3 unspecified atom stereocenters. The minimum Gasteiger partial charge on any atom is -0.381 e. The van der Waals surface area contributed by atoms with Crippen molar-refractivity contribution >= 4 is 5.91 Å². The van der Waals surface area contributed by atoms with Gasteiger partial charge in [0.25, 0.3) is 0 Å². The summed E-state index contributed by atoms with van der Waals surface area (Å²) in [5.74, 6) is -0.624. The number of rotatable bonds is 6. The molecule has 44 heavy (non-hydrogen) atoms. The van der Waals surface area contributed by atoms with E-state index in [1.165, 1.54) is 18.2 Å². The van der Waals surface area contributed by atoms with Crippen LogP contribution in [0.5, 0.6) is 0 Å². The van der Waals surface area contributed by atoms with Crippen LogP contribution in [0, 0.1) is 17.6 Å². The van der Waals surface area contributed by atoms with Gasteiger partial charge in [0, 0.05) is 59.2 Å². The Hall–Kier alpha value is -2.39. The number of likely N-dealkylation sites (tertiary alicyclic amines) is 2. The third kappa shape index (κ3) is 18.4. The van der Waals surface area contributed by atoms with Gasteiger partial charge >= 0.3 is 0 Å². The largest absolute Gasteiger partial charge is 0.381 e. The van der Waals surface area contributed by atoms with E-state index in [0.29, 0.717) is 18.5 Å². The quantitative estimate of drug-likeness (QED) is 0.237. The highest BCUT2D eigenvalue weighted by Gasteiger charge is 2.38. The van der Waals surface area contributed by atoms with Crippen LogP contribution >= 0.6 is 0 Å². The molecular weight excluding hydrogens is 562 g/mol. The lowest BCUT2D eigenvalue weighted by molar-refractivity contribution is -0.144. The fourth-order valence-corrected chi connectivity index (χ4v) is 4.92. The second-order valence-electron chi connectivity index (χ2n) is 9.83. The van der Waals surface area contributed by atoms with E-state index in [1.807, 2.05) is 39.5 Å². The van der Waals surface area contributed by atoms with Gasteiger partial charge in [0.15, 0.2) is 0 Å². The van der Waals surface area contributed by atoms with Crippen molar-refractivity contribution in [1.29, 1.82) is 0 Å². The predicted molar refractivity (Wildman–Crippen MR) is 181 cm³/mol. The maximum Gasteiger partial charge on any atom is 0.227 e. The Morgan fingerprint density at radius 2 is 1.50 bits per heavy atom. The Labute approximate surface area is 268 Å². The average Bonchev–Trinajstić information content (AvgIpc) is 3.58. The number of nitrogens with zero attached hydrogens (tertiary/aromatic N) is 2. The number of allylic oxidation sites excluding steroid dienone is 4. The first-order valence-electron chi connectivity index (χ1n) is 16.3. The highest BCUT2D eigenvalue weighted by atomic mass is 19.1. The summed E-state index contributed by atoms with van der Waals surface area (Å²) in [4.78, 5) is 17.4. The Morgan fingerprint density at radius 3 is 1.91 bits per heavy atom. The number of carbonyl (C=O) groups is 1. The van der Waals surface area contributed by atoms with Crippen LogP contribution < -0.4 is 0 Å². The van der Waals surface area contributed by atoms with Crippen molar-refractivity contribution in [3.05, 3.63) is 73.4 Å². The third-order valence-corrected chi connectivity index (χ3v) is 7.12. The molecule has 0 N–H and O–H groups in total. The maximum absolute atomic E-state index is 12.9. The number of amides is 1. The van der Waals surface area contributed by atoms with Crippen LogP contribution in [0.2, 0.25) is 0 Å². The van der Waals surface area contributed by atoms with Crippen LogP contribution in [-0.4, -0.2) is 87.6 Å². The van der Waals surface area contributed by atoms with Crippen LogP contribution in [-0.2, 0) is 19.0 Å². The number of methoxy groups -OCH3 is 2. The molecule has 0 aromatic heterocycles. The van der Waals surface area contributed by atoms with Gasteiger partial charge in [-0.05, 0) is 57.7 Å². The van der Waals surface area contributed by atoms with Gasteiger partial charge in [0.1, 0.15) is 17.7 Å². The zero-order chi connectivity index (χ0) is 33.8. The monoisotopic (exact) mass is 624 g/mol. The second-order valence-corrected chi connectivity index (χ2v) is 9.83. The van der Waals surface area contributed by atoms with Crippen LogP contribution in [0.15, 0.2) is 61.7 Å². The van der Waals surface area contributed by atoms with Crippen LogP contribution in [0.25, 0.3) is 0 Å². The molecule has 1 amide bonds. The molecule has 1 aromatic carbocycles. The van der Waals surface area contributed by atoms with Crippen molar-refractivity contribution in [3.63, 3.8) is 0 Å². The van der Waals surface area contributed by atoms with Crippen molar-refractivity contribution in [2.24, 2.45) is 5.92 Å². The number of ether oxygens (including phenoxy) is 3. The molecule has 8 heteroatoms. The second kappa shape index (κ2) is 29.3.